The largest absolute Gasteiger partial charge is 0.456 e. The Kier molecular flexibility index (Phi) is 8.38. The highest BCUT2D eigenvalue weighted by molar-refractivity contribution is 6.13. The minimum absolute atomic E-state index is 0.0159. The summed E-state index contributed by atoms with van der Waals surface area (Å²) in [6, 6.07) is 76.6. The number of benzene rings is 9. The maximum absolute atomic E-state index is 6.34. The lowest BCUT2D eigenvalue weighted by molar-refractivity contribution is 0.668. The van der Waals surface area contributed by atoms with Gasteiger partial charge in [0.1, 0.15) is 22.3 Å². The summed E-state index contributed by atoms with van der Waals surface area (Å²) in [7, 11) is 0. The van der Waals surface area contributed by atoms with Gasteiger partial charge in [0, 0.05) is 66.8 Å². The van der Waals surface area contributed by atoms with Crippen molar-refractivity contribution in [3.8, 4) is 67.8 Å². The predicted octanol–water partition coefficient (Wildman–Crippen LogP) is 16.1. The Morgan fingerprint density at radius 1 is 0.271 bits per heavy atom. The van der Waals surface area contributed by atoms with E-state index in [1.165, 1.54) is 33.4 Å². The lowest BCUT2D eigenvalue weighted by Gasteiger charge is -2.42. The third-order valence-corrected chi connectivity index (χ3v) is 14.5. The zero-order valence-electron chi connectivity index (χ0n) is 37.5. The number of hydrogen-bond acceptors (Lipinski definition) is 6. The Labute approximate surface area is 402 Å². The molecule has 13 aromatic rings. The molecule has 0 amide bonds. The molecule has 0 N–H and O–H groups in total. The molecular weight excluding hydrogens is 857 g/mol. The fourth-order valence-electron chi connectivity index (χ4n) is 11.4. The van der Waals surface area contributed by atoms with E-state index in [1.54, 1.807) is 0 Å². The molecule has 0 radical (unpaired) electrons. The first-order valence-corrected chi connectivity index (χ1v) is 23.8. The molecule has 2 unspecified atom stereocenters. The van der Waals surface area contributed by atoms with Gasteiger partial charge in [0.15, 0.2) is 11.6 Å². The van der Waals surface area contributed by atoms with Crippen LogP contribution in [0.4, 0.5) is 0 Å². The monoisotopic (exact) mass is 894 g/mol. The highest BCUT2D eigenvalue weighted by Gasteiger charge is 2.41. The molecule has 326 valence electrons. The second-order valence-electron chi connectivity index (χ2n) is 18.4. The van der Waals surface area contributed by atoms with Crippen LogP contribution in [0.5, 0.6) is 0 Å². The van der Waals surface area contributed by atoms with Crippen molar-refractivity contribution in [2.75, 3.05) is 0 Å². The van der Waals surface area contributed by atoms with E-state index in [2.05, 4.69) is 158 Å². The molecular formula is C64H38N4O2. The van der Waals surface area contributed by atoms with E-state index in [0.717, 1.165) is 100 Å². The minimum atomic E-state index is 0.0159. The lowest BCUT2D eigenvalue weighted by atomic mass is 9.61. The average molecular weight is 895 g/mol. The highest BCUT2D eigenvalue weighted by atomic mass is 16.3. The molecule has 6 heteroatoms. The fraction of sp³-hybridized carbons (Fsp3) is 0.0312. The van der Waals surface area contributed by atoms with Crippen molar-refractivity contribution in [3.05, 3.63) is 252 Å². The molecule has 2 atom stereocenters. The van der Waals surface area contributed by atoms with Crippen molar-refractivity contribution in [1.82, 2.24) is 19.9 Å². The second kappa shape index (κ2) is 15.1. The lowest BCUT2D eigenvalue weighted by Crippen LogP contribution is -2.27. The van der Waals surface area contributed by atoms with Crippen molar-refractivity contribution in [2.45, 2.75) is 11.8 Å². The smallest absolute Gasteiger partial charge is 0.160 e. The van der Waals surface area contributed by atoms with Crippen LogP contribution in [0.1, 0.15) is 45.2 Å². The Hall–Kier alpha value is -9.26. The first-order chi connectivity index (χ1) is 34.7. The zero-order valence-corrected chi connectivity index (χ0v) is 37.5. The van der Waals surface area contributed by atoms with Crippen molar-refractivity contribution < 1.29 is 8.83 Å². The third kappa shape index (κ3) is 5.93. The van der Waals surface area contributed by atoms with E-state index in [1.807, 2.05) is 60.7 Å². The molecule has 0 fully saturated rings. The van der Waals surface area contributed by atoms with Gasteiger partial charge in [-0.1, -0.05) is 170 Å². The van der Waals surface area contributed by atoms with Crippen LogP contribution < -0.4 is 0 Å². The van der Waals surface area contributed by atoms with E-state index in [4.69, 9.17) is 28.8 Å². The summed E-state index contributed by atoms with van der Waals surface area (Å²) in [6.45, 7) is 0. The van der Waals surface area contributed by atoms with Gasteiger partial charge in [-0.15, -0.1) is 0 Å². The van der Waals surface area contributed by atoms with Crippen LogP contribution in [0.25, 0.3) is 112 Å². The molecule has 3 aliphatic carbocycles. The normalized spacial score (nSPS) is 14.6. The van der Waals surface area contributed by atoms with Gasteiger partial charge in [-0.3, -0.25) is 0 Å². The number of nitrogens with zero attached hydrogens (tertiary/aromatic N) is 4. The van der Waals surface area contributed by atoms with Crippen LogP contribution in [-0.2, 0) is 0 Å². The predicted molar refractivity (Wildman–Crippen MR) is 280 cm³/mol. The SMILES string of the molecule is c1ccc(-c2cc(-c3cccc4oc5ccccc5c34)nc(-c3ccc4c(c3)C3c5ccccc5C4c4cc(-c5nc(-c6ccccc6)cc(-c6cccc7oc8ccccc8c67)n5)ccc43)n2)cc1. The molecule has 3 aliphatic rings. The zero-order chi connectivity index (χ0) is 45.9. The summed E-state index contributed by atoms with van der Waals surface area (Å²) in [6.07, 6.45) is 0. The van der Waals surface area contributed by atoms with Crippen LogP contribution in [0, 0.1) is 0 Å². The Morgan fingerprint density at radius 2 is 0.657 bits per heavy atom. The molecule has 0 saturated carbocycles. The third-order valence-electron chi connectivity index (χ3n) is 14.5. The first kappa shape index (κ1) is 38.8. The van der Waals surface area contributed by atoms with Crippen LogP contribution in [-0.4, -0.2) is 19.9 Å². The maximum atomic E-state index is 6.34. The molecule has 6 nitrogen and oxygen atoms in total. The summed E-state index contributed by atoms with van der Waals surface area (Å²) in [4.78, 5) is 21.4. The summed E-state index contributed by atoms with van der Waals surface area (Å²) < 4.78 is 12.7. The standard InChI is InChI=1S/C64H38N4O2/c1-3-15-37(16-4-1)51-35-53(45-23-13-27-57-61(45)47-21-9-11-25-55(47)69-57)67-63(65-51)39-29-31-43-49(33-39)59-41-19-7-8-20-42(41)60(43)50-34-40(30-32-44(50)59)64-66-52(38-17-5-2-6-18-38)36-54(68-64)46-24-14-28-58-62(46)48-22-10-12-26-56(48)70-58/h1-36,59-60H. The Morgan fingerprint density at radius 3 is 1.13 bits per heavy atom. The van der Waals surface area contributed by atoms with Crippen molar-refractivity contribution >= 4 is 43.9 Å². The van der Waals surface area contributed by atoms with Crippen molar-refractivity contribution in [1.29, 1.82) is 0 Å². The first-order valence-electron chi connectivity index (χ1n) is 23.8. The fourth-order valence-corrected chi connectivity index (χ4v) is 11.4. The molecule has 2 bridgehead atoms. The number of rotatable bonds is 6. The second-order valence-corrected chi connectivity index (χ2v) is 18.4. The molecule has 9 aromatic carbocycles. The van der Waals surface area contributed by atoms with Gasteiger partial charge in [0.05, 0.1) is 22.8 Å². The van der Waals surface area contributed by atoms with Gasteiger partial charge in [-0.25, -0.2) is 19.9 Å². The van der Waals surface area contributed by atoms with E-state index in [9.17, 15) is 0 Å². The van der Waals surface area contributed by atoms with Gasteiger partial charge >= 0.3 is 0 Å². The quantitative estimate of drug-likeness (QED) is 0.165. The van der Waals surface area contributed by atoms with Gasteiger partial charge < -0.3 is 8.83 Å². The molecule has 16 rings (SSSR count). The van der Waals surface area contributed by atoms with E-state index < -0.39 is 0 Å². The number of fused-ring (bicyclic) bond motifs is 6. The van der Waals surface area contributed by atoms with Crippen LogP contribution in [0.3, 0.4) is 0 Å². The van der Waals surface area contributed by atoms with E-state index >= 15 is 0 Å². The summed E-state index contributed by atoms with van der Waals surface area (Å²) in [5.41, 5.74) is 20.7. The van der Waals surface area contributed by atoms with Gasteiger partial charge in [0.2, 0.25) is 0 Å². The highest BCUT2D eigenvalue weighted by Crippen LogP contribution is 2.57. The van der Waals surface area contributed by atoms with Crippen LogP contribution in [0.15, 0.2) is 227 Å². The maximum Gasteiger partial charge on any atom is 0.160 e. The topological polar surface area (TPSA) is 77.8 Å². The molecule has 0 aliphatic heterocycles. The van der Waals surface area contributed by atoms with Crippen LogP contribution in [0.2, 0.25) is 0 Å². The van der Waals surface area contributed by atoms with E-state index in [0.29, 0.717) is 11.6 Å². The molecule has 70 heavy (non-hydrogen) atoms. The van der Waals surface area contributed by atoms with Crippen molar-refractivity contribution in [3.63, 3.8) is 0 Å². The van der Waals surface area contributed by atoms with Crippen LogP contribution >= 0.6 is 0 Å². The molecule has 0 spiro atoms. The summed E-state index contributed by atoms with van der Waals surface area (Å²) in [5.74, 6) is 1.39. The molecule has 4 aromatic heterocycles. The number of aromatic nitrogens is 4. The molecule has 4 heterocycles. The molecule has 0 saturated heterocycles. The van der Waals surface area contributed by atoms with Gasteiger partial charge in [0.25, 0.3) is 0 Å². The van der Waals surface area contributed by atoms with E-state index in [-0.39, 0.29) is 11.8 Å². The number of hydrogen-bond donors (Lipinski definition) is 0. The number of para-hydroxylation sites is 2. The summed E-state index contributed by atoms with van der Waals surface area (Å²) >= 11 is 0. The van der Waals surface area contributed by atoms with Gasteiger partial charge in [-0.2, -0.15) is 0 Å². The minimum Gasteiger partial charge on any atom is -0.456 e. The Balaban J connectivity index is 0.880. The van der Waals surface area contributed by atoms with Gasteiger partial charge in [-0.05, 0) is 81.9 Å². The van der Waals surface area contributed by atoms with Crippen molar-refractivity contribution in [2.24, 2.45) is 0 Å². The average Bonchev–Trinajstić information content (AvgIpc) is 4.02. The Bertz CT molecular complexity index is 3990. The summed E-state index contributed by atoms with van der Waals surface area (Å²) in [5, 5.41) is 4.23. The number of furan rings is 2.